The minimum Gasteiger partial charge on any atom is -0.356 e. The van der Waals surface area contributed by atoms with Gasteiger partial charge in [-0.15, -0.1) is 0 Å². The van der Waals surface area contributed by atoms with E-state index >= 15 is 0 Å². The van der Waals surface area contributed by atoms with E-state index in [0.717, 1.165) is 0 Å². The zero-order chi connectivity index (χ0) is 21.5. The number of nitrogens with one attached hydrogen (secondary N) is 4. The smallest absolute Gasteiger partial charge is 0.242 e. The summed E-state index contributed by atoms with van der Waals surface area (Å²) in [6.45, 7) is 13.6. The number of hydrogen-bond acceptors (Lipinski definition) is 4. The maximum atomic E-state index is 11.8. The van der Waals surface area contributed by atoms with Gasteiger partial charge >= 0.3 is 0 Å². The van der Waals surface area contributed by atoms with Crippen LogP contribution in [0.25, 0.3) is 0 Å². The van der Waals surface area contributed by atoms with Crippen molar-refractivity contribution in [3.8, 4) is 0 Å². The topological polar surface area (TPSA) is 116 Å². The molecular formula is C19H38N4O4. The predicted molar refractivity (Wildman–Crippen MR) is 107 cm³/mol. The van der Waals surface area contributed by atoms with Crippen LogP contribution >= 0.6 is 0 Å². The van der Waals surface area contributed by atoms with Crippen molar-refractivity contribution in [3.05, 3.63) is 0 Å². The molecule has 0 aromatic heterocycles. The van der Waals surface area contributed by atoms with Gasteiger partial charge in [0.2, 0.25) is 23.6 Å². The monoisotopic (exact) mass is 386 g/mol. The largest absolute Gasteiger partial charge is 0.356 e. The highest BCUT2D eigenvalue weighted by atomic mass is 16.2. The first kappa shape index (κ1) is 27.1. The van der Waals surface area contributed by atoms with Crippen molar-refractivity contribution in [1.29, 1.82) is 0 Å². The molecule has 0 aromatic rings. The summed E-state index contributed by atoms with van der Waals surface area (Å²) >= 11 is 0. The first-order chi connectivity index (χ1) is 12.5. The zero-order valence-electron chi connectivity index (χ0n) is 18.0. The van der Waals surface area contributed by atoms with Gasteiger partial charge in [0.1, 0.15) is 6.04 Å². The Morgan fingerprint density at radius 2 is 1.33 bits per heavy atom. The summed E-state index contributed by atoms with van der Waals surface area (Å²) < 4.78 is 0. The molecule has 0 rings (SSSR count). The van der Waals surface area contributed by atoms with Gasteiger partial charge in [0.05, 0.1) is 6.54 Å². The minimum absolute atomic E-state index is 0.0279. The number of carbonyl (C=O) groups is 4. The van der Waals surface area contributed by atoms with Crippen LogP contribution in [0.5, 0.6) is 0 Å². The van der Waals surface area contributed by atoms with E-state index in [1.807, 2.05) is 0 Å². The maximum Gasteiger partial charge on any atom is 0.242 e. The molecule has 0 fully saturated rings. The van der Waals surface area contributed by atoms with E-state index < -0.39 is 17.4 Å². The lowest BCUT2D eigenvalue weighted by Gasteiger charge is -2.21. The normalized spacial score (nSPS) is 11.4. The van der Waals surface area contributed by atoms with E-state index in [4.69, 9.17) is 0 Å². The number of amides is 4. The third-order valence-electron chi connectivity index (χ3n) is 3.16. The van der Waals surface area contributed by atoms with E-state index in [1.54, 1.807) is 34.6 Å². The summed E-state index contributed by atoms with van der Waals surface area (Å²) in [6.07, 6.45) is 2.30. The molecule has 1 atom stereocenters. The first-order valence-corrected chi connectivity index (χ1v) is 9.61. The third kappa shape index (κ3) is 15.8. The van der Waals surface area contributed by atoms with Crippen molar-refractivity contribution in [2.45, 2.75) is 73.8 Å². The second kappa shape index (κ2) is 15.0. The Bertz CT molecular complexity index is 473. The summed E-state index contributed by atoms with van der Waals surface area (Å²) in [6, 6.07) is -0.714. The Morgan fingerprint density at radius 1 is 0.852 bits per heavy atom. The molecule has 0 aliphatic carbocycles. The lowest BCUT2D eigenvalue weighted by Crippen LogP contribution is -2.50. The molecule has 0 radical (unpaired) electrons. The van der Waals surface area contributed by atoms with Crippen LogP contribution in [0.2, 0.25) is 0 Å². The van der Waals surface area contributed by atoms with E-state index in [2.05, 4.69) is 35.1 Å². The van der Waals surface area contributed by atoms with Gasteiger partial charge in [-0.3, -0.25) is 19.2 Å². The van der Waals surface area contributed by atoms with Crippen molar-refractivity contribution < 1.29 is 19.2 Å². The average molecular weight is 387 g/mol. The summed E-state index contributed by atoms with van der Waals surface area (Å²) in [5.41, 5.74) is -0.584. The molecular weight excluding hydrogens is 348 g/mol. The van der Waals surface area contributed by atoms with Gasteiger partial charge in [0.15, 0.2) is 0 Å². The van der Waals surface area contributed by atoms with Crippen molar-refractivity contribution in [2.24, 2.45) is 5.41 Å². The van der Waals surface area contributed by atoms with Crippen LogP contribution in [-0.4, -0.2) is 49.3 Å². The Morgan fingerprint density at radius 3 is 1.78 bits per heavy atom. The standard InChI is InChI=1S/C16H30N4O4.C3H8/c1-6-12(21)17-8-7-9-18-13(22)10-19-14(23)11(2)20-15(24)16(3,4)5;1-3-2/h11H,6-10H2,1-5H3,(H,17,21)(H,18,22)(H,19,23)(H,20,24);3H2,1-2H3. The van der Waals surface area contributed by atoms with Crippen LogP contribution in [0.4, 0.5) is 0 Å². The van der Waals surface area contributed by atoms with Crippen LogP contribution < -0.4 is 21.3 Å². The molecule has 0 heterocycles. The molecule has 4 N–H and O–H groups in total. The van der Waals surface area contributed by atoms with E-state index in [1.165, 1.54) is 6.42 Å². The van der Waals surface area contributed by atoms with Crippen LogP contribution in [0.3, 0.4) is 0 Å². The van der Waals surface area contributed by atoms with Gasteiger partial charge in [-0.25, -0.2) is 0 Å². The van der Waals surface area contributed by atoms with Crippen molar-refractivity contribution in [3.63, 3.8) is 0 Å². The molecule has 0 saturated heterocycles. The summed E-state index contributed by atoms with van der Waals surface area (Å²) in [7, 11) is 0. The summed E-state index contributed by atoms with van der Waals surface area (Å²) in [5, 5.41) is 10.4. The molecule has 1 unspecified atom stereocenters. The Balaban J connectivity index is 0. The van der Waals surface area contributed by atoms with Gasteiger partial charge in [-0.1, -0.05) is 48.0 Å². The number of carbonyl (C=O) groups excluding carboxylic acids is 4. The zero-order valence-corrected chi connectivity index (χ0v) is 18.0. The predicted octanol–water partition coefficient (Wildman–Crippen LogP) is 1.10. The molecule has 0 aliphatic rings. The van der Waals surface area contributed by atoms with E-state index in [-0.39, 0.29) is 24.3 Å². The van der Waals surface area contributed by atoms with Crippen LogP contribution in [0.1, 0.15) is 67.7 Å². The van der Waals surface area contributed by atoms with Gasteiger partial charge in [0, 0.05) is 24.9 Å². The maximum absolute atomic E-state index is 11.8. The van der Waals surface area contributed by atoms with Gasteiger partial charge < -0.3 is 21.3 Å². The van der Waals surface area contributed by atoms with Crippen LogP contribution in [-0.2, 0) is 19.2 Å². The van der Waals surface area contributed by atoms with Crippen LogP contribution in [0, 0.1) is 5.41 Å². The molecule has 0 aliphatic heterocycles. The van der Waals surface area contributed by atoms with Crippen molar-refractivity contribution in [1.82, 2.24) is 21.3 Å². The average Bonchev–Trinajstić information content (AvgIpc) is 2.58. The molecule has 8 heteroatoms. The quantitative estimate of drug-likeness (QED) is 0.444. The first-order valence-electron chi connectivity index (χ1n) is 9.61. The fourth-order valence-corrected chi connectivity index (χ4v) is 1.53. The molecule has 158 valence electrons. The molecule has 0 spiro atoms. The highest BCUT2D eigenvalue weighted by Crippen LogP contribution is 2.12. The van der Waals surface area contributed by atoms with E-state index in [0.29, 0.717) is 25.9 Å². The van der Waals surface area contributed by atoms with Crippen molar-refractivity contribution >= 4 is 23.6 Å². The second-order valence-corrected chi connectivity index (χ2v) is 7.28. The molecule has 0 aromatic carbocycles. The highest BCUT2D eigenvalue weighted by molar-refractivity contribution is 5.91. The van der Waals surface area contributed by atoms with E-state index in [9.17, 15) is 19.2 Å². The Kier molecular flexibility index (Phi) is 15.0. The van der Waals surface area contributed by atoms with Gasteiger partial charge in [-0.2, -0.15) is 0 Å². The molecule has 4 amide bonds. The highest BCUT2D eigenvalue weighted by Gasteiger charge is 2.25. The Hall–Kier alpha value is -2.12. The van der Waals surface area contributed by atoms with Gasteiger partial charge in [0.25, 0.3) is 0 Å². The number of hydrogen-bond donors (Lipinski definition) is 4. The minimum atomic E-state index is -0.714. The van der Waals surface area contributed by atoms with Gasteiger partial charge in [-0.05, 0) is 13.3 Å². The second-order valence-electron chi connectivity index (χ2n) is 7.28. The van der Waals surface area contributed by atoms with Crippen molar-refractivity contribution in [2.75, 3.05) is 19.6 Å². The lowest BCUT2D eigenvalue weighted by atomic mass is 9.95. The van der Waals surface area contributed by atoms with Crippen LogP contribution in [0.15, 0.2) is 0 Å². The fraction of sp³-hybridized carbons (Fsp3) is 0.789. The molecule has 8 nitrogen and oxygen atoms in total. The number of rotatable bonds is 9. The lowest BCUT2D eigenvalue weighted by molar-refractivity contribution is -0.133. The fourth-order valence-electron chi connectivity index (χ4n) is 1.53. The summed E-state index contributed by atoms with van der Waals surface area (Å²) in [4.78, 5) is 46.2. The third-order valence-corrected chi connectivity index (χ3v) is 3.16. The SMILES string of the molecule is CCC.CCC(=O)NCCCNC(=O)CNC(=O)C(C)NC(=O)C(C)(C)C. The molecule has 0 bridgehead atoms. The Labute approximate surface area is 163 Å². The molecule has 27 heavy (non-hydrogen) atoms. The molecule has 0 saturated carbocycles. The summed E-state index contributed by atoms with van der Waals surface area (Å²) in [5.74, 6) is -0.999.